The average molecular weight is 241 g/mol. The number of benzene rings is 1. The van der Waals surface area contributed by atoms with Crippen LogP contribution >= 0.6 is 0 Å². The van der Waals surface area contributed by atoms with E-state index in [4.69, 9.17) is 5.73 Å². The van der Waals surface area contributed by atoms with Crippen LogP contribution in [-0.4, -0.2) is 10.9 Å². The third-order valence-corrected chi connectivity index (χ3v) is 2.59. The molecule has 4 nitrogen and oxygen atoms in total. The Labute approximate surface area is 106 Å². The Morgan fingerprint density at radius 2 is 1.94 bits per heavy atom. The predicted octanol–water partition coefficient (Wildman–Crippen LogP) is 2.53. The number of nitrogens with zero attached hydrogens (tertiary/aromatic N) is 1. The van der Waals surface area contributed by atoms with E-state index in [1.807, 2.05) is 26.0 Å². The molecule has 1 aromatic heterocycles. The zero-order valence-electron chi connectivity index (χ0n) is 10.4. The number of pyridine rings is 1. The zero-order chi connectivity index (χ0) is 13.1. The fraction of sp³-hybridized carbons (Fsp3) is 0.143. The molecule has 0 saturated heterocycles. The first-order valence-electron chi connectivity index (χ1n) is 5.65. The molecule has 0 atom stereocenters. The molecular weight excluding hydrogens is 226 g/mol. The Balaban J connectivity index is 2.24. The van der Waals surface area contributed by atoms with Gasteiger partial charge in [-0.1, -0.05) is 6.07 Å². The van der Waals surface area contributed by atoms with Gasteiger partial charge in [-0.15, -0.1) is 0 Å². The van der Waals surface area contributed by atoms with Crippen molar-refractivity contribution in [3.63, 3.8) is 0 Å². The minimum Gasteiger partial charge on any atom is -0.397 e. The molecule has 1 amide bonds. The van der Waals surface area contributed by atoms with Gasteiger partial charge in [0, 0.05) is 12.4 Å². The molecule has 4 heteroatoms. The summed E-state index contributed by atoms with van der Waals surface area (Å²) in [5.74, 6) is -0.205. The molecule has 0 spiro atoms. The molecule has 92 valence electrons. The molecule has 0 aliphatic heterocycles. The van der Waals surface area contributed by atoms with Crippen LogP contribution in [0.4, 0.5) is 11.4 Å². The molecule has 0 aliphatic carbocycles. The molecule has 2 rings (SSSR count). The first-order chi connectivity index (χ1) is 8.56. The molecule has 0 radical (unpaired) electrons. The fourth-order valence-corrected chi connectivity index (χ4v) is 1.65. The lowest BCUT2D eigenvalue weighted by atomic mass is 10.1. The van der Waals surface area contributed by atoms with Crippen molar-refractivity contribution in [3.05, 3.63) is 53.3 Å². The second-order valence-electron chi connectivity index (χ2n) is 4.30. The molecule has 0 aliphatic rings. The van der Waals surface area contributed by atoms with E-state index in [2.05, 4.69) is 10.3 Å². The number of rotatable bonds is 2. The SMILES string of the molecule is Cc1cncc(C(=O)Nc2cc(C)ccc2N)c1. The van der Waals surface area contributed by atoms with Crippen LogP contribution in [0.1, 0.15) is 21.5 Å². The molecule has 0 fully saturated rings. The van der Waals surface area contributed by atoms with E-state index in [0.717, 1.165) is 11.1 Å². The predicted molar refractivity (Wildman–Crippen MR) is 72.5 cm³/mol. The Kier molecular flexibility index (Phi) is 3.28. The number of aromatic nitrogens is 1. The summed E-state index contributed by atoms with van der Waals surface area (Å²) < 4.78 is 0. The topological polar surface area (TPSA) is 68.0 Å². The van der Waals surface area contributed by atoms with Gasteiger partial charge in [0.05, 0.1) is 16.9 Å². The maximum absolute atomic E-state index is 12.0. The number of nitrogens with two attached hydrogens (primary N) is 1. The quantitative estimate of drug-likeness (QED) is 0.794. The summed E-state index contributed by atoms with van der Waals surface area (Å²) in [5.41, 5.74) is 9.50. The van der Waals surface area contributed by atoms with Crippen LogP contribution in [0.25, 0.3) is 0 Å². The van der Waals surface area contributed by atoms with Gasteiger partial charge in [0.2, 0.25) is 0 Å². The summed E-state index contributed by atoms with van der Waals surface area (Å²) in [7, 11) is 0. The van der Waals surface area contributed by atoms with E-state index >= 15 is 0 Å². The summed E-state index contributed by atoms with van der Waals surface area (Å²) in [6.45, 7) is 3.84. The summed E-state index contributed by atoms with van der Waals surface area (Å²) in [4.78, 5) is 16.0. The van der Waals surface area contributed by atoms with Crippen molar-refractivity contribution in [1.82, 2.24) is 4.98 Å². The van der Waals surface area contributed by atoms with Crippen LogP contribution in [0.15, 0.2) is 36.7 Å². The monoisotopic (exact) mass is 241 g/mol. The first-order valence-corrected chi connectivity index (χ1v) is 5.65. The van der Waals surface area contributed by atoms with Crippen LogP contribution in [-0.2, 0) is 0 Å². The fourth-order valence-electron chi connectivity index (χ4n) is 1.65. The van der Waals surface area contributed by atoms with Crippen LogP contribution in [0, 0.1) is 13.8 Å². The lowest BCUT2D eigenvalue weighted by Crippen LogP contribution is -2.13. The van der Waals surface area contributed by atoms with E-state index in [-0.39, 0.29) is 5.91 Å². The molecule has 2 aromatic rings. The van der Waals surface area contributed by atoms with Crippen molar-refractivity contribution >= 4 is 17.3 Å². The van der Waals surface area contributed by atoms with E-state index in [1.165, 1.54) is 6.20 Å². The highest BCUT2D eigenvalue weighted by atomic mass is 16.1. The highest BCUT2D eigenvalue weighted by Crippen LogP contribution is 2.20. The lowest BCUT2D eigenvalue weighted by Gasteiger charge is -2.09. The Hall–Kier alpha value is -2.36. The summed E-state index contributed by atoms with van der Waals surface area (Å²) in [5, 5.41) is 2.79. The van der Waals surface area contributed by atoms with Gasteiger partial charge < -0.3 is 11.1 Å². The Morgan fingerprint density at radius 1 is 1.17 bits per heavy atom. The van der Waals surface area contributed by atoms with Crippen molar-refractivity contribution in [2.45, 2.75) is 13.8 Å². The van der Waals surface area contributed by atoms with Crippen molar-refractivity contribution in [2.75, 3.05) is 11.1 Å². The van der Waals surface area contributed by atoms with Gasteiger partial charge in [-0.05, 0) is 43.2 Å². The molecule has 1 aromatic carbocycles. The van der Waals surface area contributed by atoms with E-state index in [9.17, 15) is 4.79 Å². The maximum atomic E-state index is 12.0. The third kappa shape index (κ3) is 2.66. The van der Waals surface area contributed by atoms with Crippen molar-refractivity contribution in [3.8, 4) is 0 Å². The molecule has 0 unspecified atom stereocenters. The highest BCUT2D eigenvalue weighted by Gasteiger charge is 2.08. The number of carbonyl (C=O) groups excluding carboxylic acids is 1. The zero-order valence-corrected chi connectivity index (χ0v) is 10.4. The summed E-state index contributed by atoms with van der Waals surface area (Å²) in [6, 6.07) is 7.31. The van der Waals surface area contributed by atoms with Crippen molar-refractivity contribution in [2.24, 2.45) is 0 Å². The normalized spacial score (nSPS) is 10.1. The molecule has 18 heavy (non-hydrogen) atoms. The molecule has 1 heterocycles. The third-order valence-electron chi connectivity index (χ3n) is 2.59. The average Bonchev–Trinajstić information content (AvgIpc) is 2.34. The van der Waals surface area contributed by atoms with Crippen LogP contribution in [0.3, 0.4) is 0 Å². The van der Waals surface area contributed by atoms with Crippen LogP contribution < -0.4 is 11.1 Å². The van der Waals surface area contributed by atoms with Gasteiger partial charge in [0.15, 0.2) is 0 Å². The van der Waals surface area contributed by atoms with Crippen molar-refractivity contribution in [1.29, 1.82) is 0 Å². The van der Waals surface area contributed by atoms with Gasteiger partial charge in [-0.25, -0.2) is 0 Å². The second kappa shape index (κ2) is 4.87. The summed E-state index contributed by atoms with van der Waals surface area (Å²) in [6.07, 6.45) is 3.24. The number of anilines is 2. The van der Waals surface area contributed by atoms with E-state index in [0.29, 0.717) is 16.9 Å². The molecular formula is C14H15N3O. The highest BCUT2D eigenvalue weighted by molar-refractivity contribution is 6.05. The van der Waals surface area contributed by atoms with Crippen LogP contribution in [0.2, 0.25) is 0 Å². The van der Waals surface area contributed by atoms with Gasteiger partial charge in [0.1, 0.15) is 0 Å². The van der Waals surface area contributed by atoms with Crippen molar-refractivity contribution < 1.29 is 4.79 Å². The molecule has 0 saturated carbocycles. The number of carbonyl (C=O) groups is 1. The molecule has 0 bridgehead atoms. The number of amides is 1. The lowest BCUT2D eigenvalue weighted by molar-refractivity contribution is 0.102. The van der Waals surface area contributed by atoms with Crippen LogP contribution in [0.5, 0.6) is 0 Å². The van der Waals surface area contributed by atoms with Gasteiger partial charge in [0.25, 0.3) is 5.91 Å². The Morgan fingerprint density at radius 3 is 2.67 bits per heavy atom. The number of hydrogen-bond acceptors (Lipinski definition) is 3. The van der Waals surface area contributed by atoms with E-state index in [1.54, 1.807) is 18.3 Å². The number of hydrogen-bond donors (Lipinski definition) is 2. The standard InChI is InChI=1S/C14H15N3O/c1-9-3-4-12(15)13(6-9)17-14(18)11-5-10(2)7-16-8-11/h3-8H,15H2,1-2H3,(H,17,18). The van der Waals surface area contributed by atoms with Gasteiger partial charge in [-0.3, -0.25) is 9.78 Å². The Bertz CT molecular complexity index is 593. The maximum Gasteiger partial charge on any atom is 0.257 e. The minimum atomic E-state index is -0.205. The number of nitrogens with one attached hydrogen (secondary N) is 1. The largest absolute Gasteiger partial charge is 0.397 e. The smallest absolute Gasteiger partial charge is 0.257 e. The van der Waals surface area contributed by atoms with E-state index < -0.39 is 0 Å². The minimum absolute atomic E-state index is 0.205. The van der Waals surface area contributed by atoms with Gasteiger partial charge >= 0.3 is 0 Å². The number of nitrogen functional groups attached to an aromatic ring is 1. The first kappa shape index (κ1) is 12.1. The molecule has 3 N–H and O–H groups in total. The summed E-state index contributed by atoms with van der Waals surface area (Å²) >= 11 is 0. The number of aryl methyl sites for hydroxylation is 2. The van der Waals surface area contributed by atoms with Gasteiger partial charge in [-0.2, -0.15) is 0 Å². The second-order valence-corrected chi connectivity index (χ2v) is 4.30.